The van der Waals surface area contributed by atoms with Crippen LogP contribution in [-0.4, -0.2) is 100 Å². The van der Waals surface area contributed by atoms with E-state index in [4.69, 9.17) is 34.4 Å². The van der Waals surface area contributed by atoms with Gasteiger partial charge in [-0.1, -0.05) is 12.1 Å². The lowest BCUT2D eigenvalue weighted by Gasteiger charge is -2.51. The molecule has 1 aromatic heterocycles. The van der Waals surface area contributed by atoms with Crippen molar-refractivity contribution in [2.24, 2.45) is 0 Å². The van der Waals surface area contributed by atoms with Crippen molar-refractivity contribution in [1.29, 1.82) is 0 Å². The molecule has 0 unspecified atom stereocenters. The van der Waals surface area contributed by atoms with Crippen LogP contribution >= 0.6 is 0 Å². The number of carboxylic acid groups (broad SMARTS) is 3. The number of halogens is 9. The maximum Gasteiger partial charge on any atom is 0.490 e. The molecule has 258 valence electrons. The summed E-state index contributed by atoms with van der Waals surface area (Å²) >= 11 is 0. The lowest BCUT2D eigenvalue weighted by atomic mass is 9.74. The first kappa shape index (κ1) is 39.9. The number of pyridine rings is 1. The minimum Gasteiger partial charge on any atom is -0.497 e. The molecule has 1 fully saturated rings. The third kappa shape index (κ3) is 12.3. The van der Waals surface area contributed by atoms with E-state index in [1.807, 2.05) is 18.5 Å². The van der Waals surface area contributed by atoms with Crippen LogP contribution in [-0.2, 0) is 32.9 Å². The van der Waals surface area contributed by atoms with Gasteiger partial charge in [-0.2, -0.15) is 39.5 Å². The molecule has 1 aromatic carbocycles. The minimum absolute atomic E-state index is 0.160. The highest BCUT2D eigenvalue weighted by atomic mass is 19.4. The number of alkyl halides is 9. The van der Waals surface area contributed by atoms with E-state index < -0.39 is 36.4 Å². The molecule has 10 nitrogen and oxygen atoms in total. The van der Waals surface area contributed by atoms with Crippen molar-refractivity contribution in [1.82, 2.24) is 14.8 Å². The first-order valence-corrected chi connectivity index (χ1v) is 12.9. The van der Waals surface area contributed by atoms with Gasteiger partial charge < -0.3 is 20.1 Å². The standard InChI is InChI=1S/C21H27N3O.3C2HF3O2/c1-23-11-7-18-5-6-19(25-2)14-20(18)21(23)8-12-24(13-9-21)16-17-4-3-10-22-15-17;3*3-2(4,5)1(6)7/h3-6,10,14-15H,7-9,11-13,16H2,1-2H3;3*(H,6,7). The molecule has 0 saturated carbocycles. The maximum absolute atomic E-state index is 10.6. The molecule has 1 saturated heterocycles. The molecule has 19 heteroatoms. The number of rotatable bonds is 3. The summed E-state index contributed by atoms with van der Waals surface area (Å²) in [6, 6.07) is 10.9. The smallest absolute Gasteiger partial charge is 0.490 e. The molecule has 2 aliphatic heterocycles. The predicted molar refractivity (Wildman–Crippen MR) is 141 cm³/mol. The van der Waals surface area contributed by atoms with Gasteiger partial charge >= 0.3 is 36.4 Å². The first-order chi connectivity index (χ1) is 21.0. The van der Waals surface area contributed by atoms with Crippen LogP contribution in [0.2, 0.25) is 0 Å². The molecule has 2 aliphatic rings. The van der Waals surface area contributed by atoms with Gasteiger partial charge in [0.15, 0.2) is 0 Å². The molecule has 0 amide bonds. The van der Waals surface area contributed by atoms with Gasteiger partial charge in [0, 0.05) is 44.1 Å². The molecular formula is C27H30F9N3O7. The summed E-state index contributed by atoms with van der Waals surface area (Å²) in [6.07, 6.45) is -7.95. The fourth-order valence-corrected chi connectivity index (χ4v) is 4.52. The molecule has 3 N–H and O–H groups in total. The Hall–Kier alpha value is -4.13. The number of methoxy groups -OCH3 is 1. The fraction of sp³-hybridized carbons (Fsp3) is 0.481. The van der Waals surface area contributed by atoms with E-state index in [9.17, 15) is 39.5 Å². The van der Waals surface area contributed by atoms with Crippen molar-refractivity contribution in [3.05, 3.63) is 59.4 Å². The van der Waals surface area contributed by atoms with Gasteiger partial charge in [0.1, 0.15) is 5.75 Å². The number of hydrogen-bond donors (Lipinski definition) is 3. The van der Waals surface area contributed by atoms with Crippen LogP contribution in [0.1, 0.15) is 29.5 Å². The van der Waals surface area contributed by atoms with Crippen molar-refractivity contribution in [2.45, 2.75) is 49.9 Å². The zero-order chi connectivity index (χ0) is 35.5. The average molecular weight is 680 g/mol. The van der Waals surface area contributed by atoms with E-state index in [1.54, 1.807) is 7.11 Å². The molecule has 3 heterocycles. The number of aliphatic carboxylic acids is 3. The normalized spacial score (nSPS) is 16.2. The molecule has 1 spiro atoms. The maximum atomic E-state index is 10.6. The lowest BCUT2D eigenvalue weighted by Crippen LogP contribution is -2.54. The van der Waals surface area contributed by atoms with Crippen LogP contribution < -0.4 is 4.74 Å². The van der Waals surface area contributed by atoms with Crippen molar-refractivity contribution >= 4 is 17.9 Å². The highest BCUT2D eigenvalue weighted by Crippen LogP contribution is 2.44. The van der Waals surface area contributed by atoms with E-state index in [0.717, 1.165) is 38.3 Å². The van der Waals surface area contributed by atoms with Gasteiger partial charge in [0.05, 0.1) is 7.11 Å². The van der Waals surface area contributed by atoms with Crippen molar-refractivity contribution in [2.75, 3.05) is 33.8 Å². The summed E-state index contributed by atoms with van der Waals surface area (Å²) in [5.41, 5.74) is 4.45. The molecule has 2 aromatic rings. The quantitative estimate of drug-likeness (QED) is 0.381. The Morgan fingerprint density at radius 3 is 1.72 bits per heavy atom. The summed E-state index contributed by atoms with van der Waals surface area (Å²) in [4.78, 5) is 36.1. The second-order valence-corrected chi connectivity index (χ2v) is 9.77. The Morgan fingerprint density at radius 2 is 1.33 bits per heavy atom. The summed E-state index contributed by atoms with van der Waals surface area (Å²) in [7, 11) is 4.05. The molecule has 4 rings (SSSR count). The zero-order valence-corrected chi connectivity index (χ0v) is 24.2. The van der Waals surface area contributed by atoms with Crippen molar-refractivity contribution in [3.63, 3.8) is 0 Å². The Morgan fingerprint density at radius 1 is 0.848 bits per heavy atom. The number of ether oxygens (including phenoxy) is 1. The van der Waals surface area contributed by atoms with Crippen molar-refractivity contribution < 1.29 is 74.0 Å². The van der Waals surface area contributed by atoms with Crippen LogP contribution in [0, 0.1) is 0 Å². The molecule has 46 heavy (non-hydrogen) atoms. The third-order valence-corrected chi connectivity index (χ3v) is 6.81. The monoisotopic (exact) mass is 679 g/mol. The van der Waals surface area contributed by atoms with Crippen LogP contribution in [0.25, 0.3) is 0 Å². The van der Waals surface area contributed by atoms with Gasteiger partial charge in [0.25, 0.3) is 0 Å². The van der Waals surface area contributed by atoms with Gasteiger partial charge in [-0.15, -0.1) is 0 Å². The number of likely N-dealkylation sites (tertiary alicyclic amines) is 1. The van der Waals surface area contributed by atoms with Gasteiger partial charge in [-0.3, -0.25) is 14.8 Å². The van der Waals surface area contributed by atoms with E-state index in [0.29, 0.717) is 0 Å². The highest BCUT2D eigenvalue weighted by Gasteiger charge is 2.43. The Kier molecular flexibility index (Phi) is 14.3. The molecule has 0 aliphatic carbocycles. The van der Waals surface area contributed by atoms with Gasteiger partial charge in [0.2, 0.25) is 0 Å². The highest BCUT2D eigenvalue weighted by molar-refractivity contribution is 5.73. The predicted octanol–water partition coefficient (Wildman–Crippen LogP) is 4.97. The van der Waals surface area contributed by atoms with E-state index in [2.05, 4.69) is 46.1 Å². The average Bonchev–Trinajstić information content (AvgIpc) is 2.96. The third-order valence-electron chi connectivity index (χ3n) is 6.81. The van der Waals surface area contributed by atoms with E-state index >= 15 is 0 Å². The van der Waals surface area contributed by atoms with E-state index in [1.165, 1.54) is 29.5 Å². The second-order valence-electron chi connectivity index (χ2n) is 9.77. The van der Waals surface area contributed by atoms with E-state index in [-0.39, 0.29) is 5.54 Å². The largest absolute Gasteiger partial charge is 0.497 e. The first-order valence-electron chi connectivity index (χ1n) is 12.9. The molecule has 0 atom stereocenters. The Bertz CT molecular complexity index is 1240. The molecule has 0 radical (unpaired) electrons. The van der Waals surface area contributed by atoms with Crippen LogP contribution in [0.15, 0.2) is 42.7 Å². The SMILES string of the molecule is COc1ccc2c(c1)C1(CCN(Cc3cccnc3)CC1)N(C)CC2.O=C(O)C(F)(F)F.O=C(O)C(F)(F)F.O=C(O)C(F)(F)F. The number of fused-ring (bicyclic) bond motifs is 2. The summed E-state index contributed by atoms with van der Waals surface area (Å²) in [5.74, 6) is -7.29. The van der Waals surface area contributed by atoms with Crippen LogP contribution in [0.3, 0.4) is 0 Å². The summed E-state index contributed by atoms with van der Waals surface area (Å²) in [5, 5.41) is 21.4. The number of aromatic nitrogens is 1. The second kappa shape index (κ2) is 16.4. The fourth-order valence-electron chi connectivity index (χ4n) is 4.52. The van der Waals surface area contributed by atoms with Crippen LogP contribution in [0.5, 0.6) is 5.75 Å². The topological polar surface area (TPSA) is 140 Å². The molecular weight excluding hydrogens is 649 g/mol. The number of likely N-dealkylation sites (N-methyl/N-ethyl adjacent to an activating group) is 1. The minimum atomic E-state index is -5.08. The Labute approximate surface area is 256 Å². The number of piperidine rings is 1. The number of carboxylic acids is 3. The van der Waals surface area contributed by atoms with Gasteiger partial charge in [-0.05, 0) is 61.2 Å². The number of nitrogens with zero attached hydrogens (tertiary/aromatic N) is 3. The summed E-state index contributed by atoms with van der Waals surface area (Å²) < 4.78 is 101. The molecule has 0 bridgehead atoms. The zero-order valence-electron chi connectivity index (χ0n) is 24.2. The number of carbonyl (C=O) groups is 3. The Balaban J connectivity index is 0.000000413. The number of hydrogen-bond acceptors (Lipinski definition) is 7. The van der Waals surface area contributed by atoms with Crippen LogP contribution in [0.4, 0.5) is 39.5 Å². The van der Waals surface area contributed by atoms with Gasteiger partial charge in [-0.25, -0.2) is 14.4 Å². The van der Waals surface area contributed by atoms with Crippen molar-refractivity contribution in [3.8, 4) is 5.75 Å². The lowest BCUT2D eigenvalue weighted by molar-refractivity contribution is -0.193. The summed E-state index contributed by atoms with van der Waals surface area (Å²) in [6.45, 7) is 4.38. The number of benzene rings is 1.